The number of hydrogen-bond donors (Lipinski definition) is 3. The van der Waals surface area contributed by atoms with Gasteiger partial charge in [-0.2, -0.15) is 0 Å². The van der Waals surface area contributed by atoms with Gasteiger partial charge < -0.3 is 15.8 Å². The molecule has 0 radical (unpaired) electrons. The van der Waals surface area contributed by atoms with Crippen molar-refractivity contribution in [1.82, 2.24) is 5.32 Å². The number of anilines is 1. The number of nitrogens with two attached hydrogens (primary N) is 1. The fraction of sp³-hybridized carbons (Fsp3) is 0.478. The van der Waals surface area contributed by atoms with Gasteiger partial charge in [0.15, 0.2) is 0 Å². The minimum absolute atomic E-state index is 0.383. The molecule has 30 heavy (non-hydrogen) atoms. The van der Waals surface area contributed by atoms with E-state index in [9.17, 15) is 8.42 Å². The van der Waals surface area contributed by atoms with Crippen molar-refractivity contribution < 1.29 is 13.2 Å². The fourth-order valence-corrected chi connectivity index (χ4v) is 5.01. The van der Waals surface area contributed by atoms with E-state index in [1.807, 2.05) is 6.07 Å². The zero-order valence-corrected chi connectivity index (χ0v) is 18.4. The number of rotatable bonds is 7. The van der Waals surface area contributed by atoms with Gasteiger partial charge in [-0.1, -0.05) is 24.3 Å². The van der Waals surface area contributed by atoms with Crippen LogP contribution in [0.1, 0.15) is 43.6 Å². The molecule has 2 aromatic rings. The summed E-state index contributed by atoms with van der Waals surface area (Å²) in [5.41, 5.74) is 9.74. The lowest BCUT2D eigenvalue weighted by molar-refractivity contribution is 0.339. The Balaban J connectivity index is 1.44. The van der Waals surface area contributed by atoms with Crippen LogP contribution in [0.25, 0.3) is 11.1 Å². The zero-order valence-electron chi connectivity index (χ0n) is 17.6. The molecule has 2 saturated carbocycles. The SMILES string of the molecule is COc1ccc(NS(C)(=O)=O)cc1-c1ccc([C@H]2C[C@@H]2NC2CCC(N)CC2)cc1. The van der Waals surface area contributed by atoms with Crippen LogP contribution in [0, 0.1) is 0 Å². The Bertz CT molecular complexity index is 983. The van der Waals surface area contributed by atoms with Gasteiger partial charge in [0.1, 0.15) is 5.75 Å². The maximum atomic E-state index is 11.6. The second-order valence-corrected chi connectivity index (χ2v) is 10.4. The molecule has 4 rings (SSSR count). The van der Waals surface area contributed by atoms with Gasteiger partial charge in [-0.05, 0) is 61.4 Å². The Morgan fingerprint density at radius 1 is 1.03 bits per heavy atom. The lowest BCUT2D eigenvalue weighted by Gasteiger charge is -2.27. The van der Waals surface area contributed by atoms with Crippen LogP contribution < -0.4 is 20.5 Å². The number of benzene rings is 2. The second-order valence-electron chi connectivity index (χ2n) is 8.64. The summed E-state index contributed by atoms with van der Waals surface area (Å²) in [6.45, 7) is 0. The van der Waals surface area contributed by atoms with E-state index in [-0.39, 0.29) is 0 Å². The van der Waals surface area contributed by atoms with Gasteiger partial charge in [-0.25, -0.2) is 8.42 Å². The molecule has 2 fully saturated rings. The fourth-order valence-electron chi connectivity index (χ4n) is 4.46. The zero-order chi connectivity index (χ0) is 21.3. The van der Waals surface area contributed by atoms with Crippen LogP contribution in [-0.2, 0) is 10.0 Å². The van der Waals surface area contributed by atoms with Crippen molar-refractivity contribution >= 4 is 15.7 Å². The standard InChI is InChI=1S/C23H31N3O3S/c1-29-23-12-11-19(26-30(2,27)28)13-21(23)16-5-3-15(4-6-16)20-14-22(20)25-18-9-7-17(24)8-10-18/h3-6,11-13,17-18,20,22,25-26H,7-10,14,24H2,1-2H3/t17?,18?,20-,22+/m1/s1. The van der Waals surface area contributed by atoms with Crippen molar-refractivity contribution in [2.75, 3.05) is 18.1 Å². The molecular weight excluding hydrogens is 398 g/mol. The summed E-state index contributed by atoms with van der Waals surface area (Å²) in [6, 6.07) is 15.4. The van der Waals surface area contributed by atoms with E-state index in [4.69, 9.17) is 10.5 Å². The summed E-state index contributed by atoms with van der Waals surface area (Å²) in [5, 5.41) is 3.81. The molecule has 2 aliphatic carbocycles. The maximum Gasteiger partial charge on any atom is 0.229 e. The lowest BCUT2D eigenvalue weighted by atomic mass is 9.92. The smallest absolute Gasteiger partial charge is 0.229 e. The predicted molar refractivity (Wildman–Crippen MR) is 121 cm³/mol. The number of hydrogen-bond acceptors (Lipinski definition) is 5. The van der Waals surface area contributed by atoms with Gasteiger partial charge in [-0.15, -0.1) is 0 Å². The van der Waals surface area contributed by atoms with Crippen LogP contribution in [-0.4, -0.2) is 39.9 Å². The molecule has 0 aliphatic heterocycles. The van der Waals surface area contributed by atoms with E-state index in [1.165, 1.54) is 24.8 Å². The van der Waals surface area contributed by atoms with E-state index in [0.717, 1.165) is 30.2 Å². The topological polar surface area (TPSA) is 93.4 Å². The summed E-state index contributed by atoms with van der Waals surface area (Å²) in [6.07, 6.45) is 6.94. The highest BCUT2D eigenvalue weighted by Gasteiger charge is 2.39. The predicted octanol–water partition coefficient (Wildman–Crippen LogP) is 3.45. The molecule has 0 saturated heterocycles. The van der Waals surface area contributed by atoms with Gasteiger partial charge in [0.2, 0.25) is 10.0 Å². The third-order valence-corrected chi connectivity index (χ3v) is 6.77. The molecule has 4 N–H and O–H groups in total. The van der Waals surface area contributed by atoms with Crippen molar-refractivity contribution in [3.05, 3.63) is 48.0 Å². The van der Waals surface area contributed by atoms with E-state index in [2.05, 4.69) is 34.3 Å². The highest BCUT2D eigenvalue weighted by atomic mass is 32.2. The number of ether oxygens (including phenoxy) is 1. The highest BCUT2D eigenvalue weighted by molar-refractivity contribution is 7.92. The van der Waals surface area contributed by atoms with Crippen LogP contribution in [0.15, 0.2) is 42.5 Å². The molecule has 0 heterocycles. The summed E-state index contributed by atoms with van der Waals surface area (Å²) >= 11 is 0. The molecule has 0 spiro atoms. The number of methoxy groups -OCH3 is 1. The minimum atomic E-state index is -3.33. The Labute approximate surface area is 179 Å². The molecule has 0 amide bonds. The molecule has 6 nitrogen and oxygen atoms in total. The van der Waals surface area contributed by atoms with Crippen LogP contribution in [0.2, 0.25) is 0 Å². The molecule has 0 aromatic heterocycles. The second kappa shape index (κ2) is 8.57. The summed E-state index contributed by atoms with van der Waals surface area (Å²) in [4.78, 5) is 0. The van der Waals surface area contributed by atoms with Gasteiger partial charge in [0, 0.05) is 35.3 Å². The molecular formula is C23H31N3O3S. The first-order valence-corrected chi connectivity index (χ1v) is 12.5. The molecule has 0 unspecified atom stereocenters. The summed E-state index contributed by atoms with van der Waals surface area (Å²) < 4.78 is 31.1. The lowest BCUT2D eigenvalue weighted by Crippen LogP contribution is -2.38. The first-order valence-electron chi connectivity index (χ1n) is 10.6. The Morgan fingerprint density at radius 2 is 1.73 bits per heavy atom. The molecule has 2 aromatic carbocycles. The largest absolute Gasteiger partial charge is 0.496 e. The molecule has 0 bridgehead atoms. The van der Waals surface area contributed by atoms with Crippen molar-refractivity contribution in [1.29, 1.82) is 0 Å². The third kappa shape index (κ3) is 5.14. The van der Waals surface area contributed by atoms with E-state index in [0.29, 0.717) is 35.5 Å². The highest BCUT2D eigenvalue weighted by Crippen LogP contribution is 2.43. The first-order chi connectivity index (χ1) is 14.3. The quantitative estimate of drug-likeness (QED) is 0.627. The van der Waals surface area contributed by atoms with Crippen LogP contribution in [0.4, 0.5) is 5.69 Å². The molecule has 7 heteroatoms. The summed E-state index contributed by atoms with van der Waals surface area (Å²) in [7, 11) is -1.71. The number of sulfonamides is 1. The Hall–Kier alpha value is -2.09. The maximum absolute atomic E-state index is 11.6. The number of nitrogens with one attached hydrogen (secondary N) is 2. The normalized spacial score (nSPS) is 26.2. The molecule has 162 valence electrons. The van der Waals surface area contributed by atoms with Crippen LogP contribution >= 0.6 is 0 Å². The first kappa shape index (κ1) is 21.2. The van der Waals surface area contributed by atoms with Crippen LogP contribution in [0.5, 0.6) is 5.75 Å². The van der Waals surface area contributed by atoms with Gasteiger partial charge in [0.05, 0.1) is 13.4 Å². The van der Waals surface area contributed by atoms with Crippen molar-refractivity contribution in [2.45, 2.75) is 56.1 Å². The van der Waals surface area contributed by atoms with Crippen molar-refractivity contribution in [3.63, 3.8) is 0 Å². The van der Waals surface area contributed by atoms with Gasteiger partial charge >= 0.3 is 0 Å². The monoisotopic (exact) mass is 429 g/mol. The average molecular weight is 430 g/mol. The van der Waals surface area contributed by atoms with E-state index >= 15 is 0 Å². The minimum Gasteiger partial charge on any atom is -0.496 e. The van der Waals surface area contributed by atoms with Gasteiger partial charge in [-0.3, -0.25) is 4.72 Å². The third-order valence-electron chi connectivity index (χ3n) is 6.16. The van der Waals surface area contributed by atoms with E-state index < -0.39 is 10.0 Å². The van der Waals surface area contributed by atoms with Crippen LogP contribution in [0.3, 0.4) is 0 Å². The molecule has 2 atom stereocenters. The van der Waals surface area contributed by atoms with Crippen molar-refractivity contribution in [2.24, 2.45) is 5.73 Å². The Morgan fingerprint density at radius 3 is 2.37 bits per heavy atom. The van der Waals surface area contributed by atoms with Crippen molar-refractivity contribution in [3.8, 4) is 16.9 Å². The average Bonchev–Trinajstić information content (AvgIpc) is 3.48. The van der Waals surface area contributed by atoms with Gasteiger partial charge in [0.25, 0.3) is 0 Å². The summed E-state index contributed by atoms with van der Waals surface area (Å²) in [5.74, 6) is 1.28. The van der Waals surface area contributed by atoms with E-state index in [1.54, 1.807) is 19.2 Å². The molecule has 2 aliphatic rings. The Kier molecular flexibility index (Phi) is 6.04.